The number of pyridine rings is 1. The highest BCUT2D eigenvalue weighted by Crippen LogP contribution is 2.21. The fraction of sp³-hybridized carbons (Fsp3) is 0.545. The number of aromatic nitrogens is 1. The summed E-state index contributed by atoms with van der Waals surface area (Å²) < 4.78 is 1.59. The van der Waals surface area contributed by atoms with Crippen molar-refractivity contribution in [3.8, 4) is 0 Å². The lowest BCUT2D eigenvalue weighted by Crippen LogP contribution is -2.16. The van der Waals surface area contributed by atoms with Crippen LogP contribution < -0.4 is 5.56 Å². The number of hydrogen-bond donors (Lipinski definition) is 0. The molecule has 0 radical (unpaired) electrons. The summed E-state index contributed by atoms with van der Waals surface area (Å²) in [5, 5.41) is 0. The molecule has 72 valence electrons. The van der Waals surface area contributed by atoms with Gasteiger partial charge in [0.05, 0.1) is 0 Å². The van der Waals surface area contributed by atoms with Crippen LogP contribution in [-0.2, 0) is 7.05 Å². The minimum Gasteiger partial charge on any atom is -0.319 e. The molecule has 0 aliphatic rings. The van der Waals surface area contributed by atoms with Gasteiger partial charge in [0.25, 0.3) is 5.56 Å². The standard InChI is InChI=1S/C11H17NO/c1-8(2)9(3)10-5-6-12(4)11(13)7-10/h5-9H,1-4H3. The number of aryl methyl sites for hydroxylation is 1. The van der Waals surface area contributed by atoms with Gasteiger partial charge < -0.3 is 4.57 Å². The van der Waals surface area contributed by atoms with E-state index in [4.69, 9.17) is 0 Å². The summed E-state index contributed by atoms with van der Waals surface area (Å²) in [7, 11) is 1.77. The van der Waals surface area contributed by atoms with Gasteiger partial charge in [-0.1, -0.05) is 20.8 Å². The van der Waals surface area contributed by atoms with Crippen molar-refractivity contribution in [2.75, 3.05) is 0 Å². The van der Waals surface area contributed by atoms with Crippen LogP contribution in [0.5, 0.6) is 0 Å². The summed E-state index contributed by atoms with van der Waals surface area (Å²) in [5.74, 6) is 1.03. The lowest BCUT2D eigenvalue weighted by atomic mass is 9.91. The van der Waals surface area contributed by atoms with Crippen molar-refractivity contribution in [3.63, 3.8) is 0 Å². The molecule has 2 heteroatoms. The van der Waals surface area contributed by atoms with Crippen molar-refractivity contribution < 1.29 is 0 Å². The van der Waals surface area contributed by atoms with Gasteiger partial charge in [-0.05, 0) is 23.5 Å². The van der Waals surface area contributed by atoms with Crippen molar-refractivity contribution in [1.82, 2.24) is 4.57 Å². The van der Waals surface area contributed by atoms with Crippen molar-refractivity contribution in [3.05, 3.63) is 34.2 Å². The predicted octanol–water partition coefficient (Wildman–Crippen LogP) is 2.14. The topological polar surface area (TPSA) is 22.0 Å². The normalized spacial score (nSPS) is 13.3. The fourth-order valence-corrected chi connectivity index (χ4v) is 1.23. The molecule has 1 atom stereocenters. The Morgan fingerprint density at radius 1 is 1.31 bits per heavy atom. The molecular formula is C11H17NO. The third-order valence-electron chi connectivity index (χ3n) is 2.65. The van der Waals surface area contributed by atoms with Crippen LogP contribution >= 0.6 is 0 Å². The SMILES string of the molecule is CC(C)C(C)c1ccn(C)c(=O)c1. The summed E-state index contributed by atoms with van der Waals surface area (Å²) in [6.45, 7) is 6.49. The maximum Gasteiger partial charge on any atom is 0.250 e. The lowest BCUT2D eigenvalue weighted by molar-refractivity contribution is 0.533. The Bertz CT molecular complexity index is 338. The first-order valence-corrected chi connectivity index (χ1v) is 4.69. The van der Waals surface area contributed by atoms with Crippen molar-refractivity contribution in [1.29, 1.82) is 0 Å². The highest BCUT2D eigenvalue weighted by Gasteiger charge is 2.09. The largest absolute Gasteiger partial charge is 0.319 e. The average Bonchev–Trinajstić information content (AvgIpc) is 2.08. The van der Waals surface area contributed by atoms with Gasteiger partial charge in [-0.15, -0.1) is 0 Å². The second-order valence-corrected chi connectivity index (χ2v) is 3.94. The summed E-state index contributed by atoms with van der Waals surface area (Å²) >= 11 is 0. The van der Waals surface area contributed by atoms with Gasteiger partial charge in [-0.2, -0.15) is 0 Å². The molecule has 1 rings (SSSR count). The second-order valence-electron chi connectivity index (χ2n) is 3.94. The minimum absolute atomic E-state index is 0.0741. The zero-order chi connectivity index (χ0) is 10.0. The van der Waals surface area contributed by atoms with E-state index in [2.05, 4.69) is 20.8 Å². The first-order chi connectivity index (χ1) is 6.02. The van der Waals surface area contributed by atoms with Crippen LogP contribution in [0.3, 0.4) is 0 Å². The molecular weight excluding hydrogens is 162 g/mol. The second kappa shape index (κ2) is 3.77. The molecule has 1 unspecified atom stereocenters. The van der Waals surface area contributed by atoms with Crippen LogP contribution in [0.25, 0.3) is 0 Å². The van der Waals surface area contributed by atoms with E-state index < -0.39 is 0 Å². The van der Waals surface area contributed by atoms with Crippen molar-refractivity contribution in [2.24, 2.45) is 13.0 Å². The quantitative estimate of drug-likeness (QED) is 0.681. The fourth-order valence-electron chi connectivity index (χ4n) is 1.23. The molecule has 0 spiro atoms. The zero-order valence-electron chi connectivity index (χ0n) is 8.74. The average molecular weight is 179 g/mol. The molecule has 1 aromatic heterocycles. The van der Waals surface area contributed by atoms with E-state index in [-0.39, 0.29) is 5.56 Å². The van der Waals surface area contributed by atoms with Crippen LogP contribution in [0, 0.1) is 5.92 Å². The minimum atomic E-state index is 0.0741. The molecule has 0 aliphatic carbocycles. The predicted molar refractivity (Wildman–Crippen MR) is 54.9 cm³/mol. The molecule has 1 heterocycles. The van der Waals surface area contributed by atoms with Crippen LogP contribution in [-0.4, -0.2) is 4.57 Å². The van der Waals surface area contributed by atoms with Gasteiger partial charge >= 0.3 is 0 Å². The molecule has 0 amide bonds. The van der Waals surface area contributed by atoms with Crippen LogP contribution in [0.1, 0.15) is 32.3 Å². The van der Waals surface area contributed by atoms with E-state index in [1.54, 1.807) is 17.7 Å². The number of nitrogens with zero attached hydrogens (tertiary/aromatic N) is 1. The van der Waals surface area contributed by atoms with Gasteiger partial charge in [-0.25, -0.2) is 0 Å². The molecule has 2 nitrogen and oxygen atoms in total. The molecule has 1 aromatic rings. The van der Waals surface area contributed by atoms with E-state index in [1.165, 1.54) is 0 Å². The van der Waals surface area contributed by atoms with Gasteiger partial charge in [0.2, 0.25) is 0 Å². The molecule has 0 saturated heterocycles. The first-order valence-electron chi connectivity index (χ1n) is 4.69. The van der Waals surface area contributed by atoms with Gasteiger partial charge in [-0.3, -0.25) is 4.79 Å². The Kier molecular flexibility index (Phi) is 2.91. The monoisotopic (exact) mass is 179 g/mol. The lowest BCUT2D eigenvalue weighted by Gasteiger charge is -2.15. The third-order valence-corrected chi connectivity index (χ3v) is 2.65. The highest BCUT2D eigenvalue weighted by molar-refractivity contribution is 5.16. The Hall–Kier alpha value is -1.05. The summed E-state index contributed by atoms with van der Waals surface area (Å²) in [6, 6.07) is 3.75. The van der Waals surface area contributed by atoms with Gasteiger partial charge in [0, 0.05) is 19.3 Å². The Morgan fingerprint density at radius 2 is 1.92 bits per heavy atom. The van der Waals surface area contributed by atoms with E-state index in [1.807, 2.05) is 12.3 Å². The van der Waals surface area contributed by atoms with Crippen LogP contribution in [0.4, 0.5) is 0 Å². The molecule has 0 aliphatic heterocycles. The molecule has 13 heavy (non-hydrogen) atoms. The van der Waals surface area contributed by atoms with E-state index in [9.17, 15) is 4.79 Å². The Morgan fingerprint density at radius 3 is 2.38 bits per heavy atom. The summed E-state index contributed by atoms with van der Waals surface area (Å²) in [5.41, 5.74) is 1.21. The molecule has 0 aromatic carbocycles. The third kappa shape index (κ3) is 2.20. The number of hydrogen-bond acceptors (Lipinski definition) is 1. The summed E-state index contributed by atoms with van der Waals surface area (Å²) in [4.78, 5) is 11.3. The molecule has 0 N–H and O–H groups in total. The van der Waals surface area contributed by atoms with Gasteiger partial charge in [0.1, 0.15) is 0 Å². The molecule has 0 bridgehead atoms. The number of rotatable bonds is 2. The van der Waals surface area contributed by atoms with E-state index in [0.29, 0.717) is 11.8 Å². The molecule has 0 fully saturated rings. The Labute approximate surface area is 79.2 Å². The van der Waals surface area contributed by atoms with Crippen LogP contribution in [0.2, 0.25) is 0 Å². The zero-order valence-corrected chi connectivity index (χ0v) is 8.74. The maximum absolute atomic E-state index is 11.3. The first kappa shape index (κ1) is 10.0. The maximum atomic E-state index is 11.3. The Balaban J connectivity index is 3.04. The smallest absolute Gasteiger partial charge is 0.250 e. The highest BCUT2D eigenvalue weighted by atomic mass is 16.1. The van der Waals surface area contributed by atoms with Crippen LogP contribution in [0.15, 0.2) is 23.1 Å². The van der Waals surface area contributed by atoms with E-state index >= 15 is 0 Å². The van der Waals surface area contributed by atoms with E-state index in [0.717, 1.165) is 5.56 Å². The summed E-state index contributed by atoms with van der Waals surface area (Å²) in [6.07, 6.45) is 1.83. The molecule has 0 saturated carbocycles. The van der Waals surface area contributed by atoms with Gasteiger partial charge in [0.15, 0.2) is 0 Å². The van der Waals surface area contributed by atoms with Crippen molar-refractivity contribution >= 4 is 0 Å². The van der Waals surface area contributed by atoms with Crippen molar-refractivity contribution in [2.45, 2.75) is 26.7 Å².